The van der Waals surface area contributed by atoms with Gasteiger partial charge in [0, 0.05) is 6.42 Å². The highest BCUT2D eigenvalue weighted by molar-refractivity contribution is 7.47. The predicted molar refractivity (Wildman–Crippen MR) is 373 cm³/mol. The smallest absolute Gasteiger partial charge is 0.387 e. The highest BCUT2D eigenvalue weighted by Gasteiger charge is 2.28. The number of likely N-dealkylation sites (N-methyl/N-ethyl adjacent to an activating group) is 1. The Bertz CT molecular complexity index is 1620. The van der Waals surface area contributed by atoms with E-state index < -0.39 is 20.0 Å². The van der Waals surface area contributed by atoms with Crippen molar-refractivity contribution in [1.82, 2.24) is 5.32 Å². The lowest BCUT2D eigenvalue weighted by Crippen LogP contribution is -2.45. The fraction of sp³-hybridized carbons (Fsp3) is 0.829. The van der Waals surface area contributed by atoms with Gasteiger partial charge in [-0.2, -0.15) is 0 Å². The monoisotopic (exact) mass is 1210 g/mol. The molecule has 0 aromatic rings. The standard InChI is InChI=1S/C76H143N2O6P/c1-6-8-10-12-14-16-18-20-22-24-26-28-30-32-34-35-36-37-38-39-40-41-42-43-44-46-48-50-52-54-56-58-60-62-64-66-68-70-76(80)77-74(73-84-85(81,82)83-72-71-78(3,4)5)75(79)69-67-65-63-61-59-57-55-53-51-49-47-45-33-31-29-27-25-23-21-19-17-15-13-11-9-7-2/h8,10,14,16,20,22,26,28,59,61,67,69,74-75,79H,6-7,9,11-13,15,17-19,21,23-25,27,29-58,60,62-66,68,70-73H2,1-5H3,(H-,77,80,81,82)/p+1/b10-8-,16-14-,22-20-,28-26-,61-59+,69-67+. The first-order chi connectivity index (χ1) is 41.5. The van der Waals surface area contributed by atoms with E-state index in [-0.39, 0.29) is 19.1 Å². The molecule has 0 radical (unpaired) electrons. The molecule has 498 valence electrons. The van der Waals surface area contributed by atoms with Gasteiger partial charge < -0.3 is 19.8 Å². The largest absolute Gasteiger partial charge is 0.472 e. The number of nitrogens with zero attached hydrogens (tertiary/aromatic N) is 1. The third kappa shape index (κ3) is 69.3. The number of unbranched alkanes of at least 4 members (excludes halogenated alkanes) is 45. The summed E-state index contributed by atoms with van der Waals surface area (Å²) in [4.78, 5) is 23.4. The lowest BCUT2D eigenvalue weighted by atomic mass is 10.0. The molecule has 0 saturated carbocycles. The lowest BCUT2D eigenvalue weighted by Gasteiger charge is -2.25. The summed E-state index contributed by atoms with van der Waals surface area (Å²) >= 11 is 0. The number of aliphatic hydroxyl groups is 1. The van der Waals surface area contributed by atoms with E-state index >= 15 is 0 Å². The van der Waals surface area contributed by atoms with Crippen molar-refractivity contribution in [2.45, 2.75) is 366 Å². The first kappa shape index (κ1) is 82.9. The van der Waals surface area contributed by atoms with Gasteiger partial charge in [0.2, 0.25) is 5.91 Å². The molecule has 0 aliphatic carbocycles. The van der Waals surface area contributed by atoms with Crippen molar-refractivity contribution in [3.05, 3.63) is 72.9 Å². The van der Waals surface area contributed by atoms with Crippen LogP contribution in [0.5, 0.6) is 0 Å². The predicted octanol–water partition coefficient (Wildman–Crippen LogP) is 23.7. The van der Waals surface area contributed by atoms with Crippen LogP contribution >= 0.6 is 7.82 Å². The number of phosphoric ester groups is 1. The third-order valence-corrected chi connectivity index (χ3v) is 17.6. The molecule has 0 saturated heterocycles. The summed E-state index contributed by atoms with van der Waals surface area (Å²) in [7, 11) is 1.57. The Morgan fingerprint density at radius 3 is 1.08 bits per heavy atom. The number of carbonyl (C=O) groups is 1. The maximum Gasteiger partial charge on any atom is 0.472 e. The van der Waals surface area contributed by atoms with Crippen molar-refractivity contribution in [3.63, 3.8) is 0 Å². The van der Waals surface area contributed by atoms with Crippen LogP contribution in [0.2, 0.25) is 0 Å². The van der Waals surface area contributed by atoms with Crippen LogP contribution in [-0.2, 0) is 18.4 Å². The van der Waals surface area contributed by atoms with Gasteiger partial charge in [-0.15, -0.1) is 0 Å². The minimum absolute atomic E-state index is 0.0566. The van der Waals surface area contributed by atoms with Crippen LogP contribution in [-0.4, -0.2) is 73.4 Å². The number of phosphoric acid groups is 1. The number of allylic oxidation sites excluding steroid dienone is 11. The summed E-state index contributed by atoms with van der Waals surface area (Å²) in [5.41, 5.74) is 0. The number of carbonyl (C=O) groups excluding carboxylic acids is 1. The average molecular weight is 1210 g/mol. The molecule has 0 heterocycles. The van der Waals surface area contributed by atoms with E-state index in [1.165, 1.54) is 270 Å². The molecule has 0 fully saturated rings. The van der Waals surface area contributed by atoms with Crippen LogP contribution in [0.1, 0.15) is 354 Å². The summed E-state index contributed by atoms with van der Waals surface area (Å²) in [5.74, 6) is -0.181. The number of hydrogen-bond acceptors (Lipinski definition) is 5. The van der Waals surface area contributed by atoms with Crippen LogP contribution in [0.15, 0.2) is 72.9 Å². The van der Waals surface area contributed by atoms with Crippen molar-refractivity contribution in [2.24, 2.45) is 0 Å². The zero-order valence-electron chi connectivity index (χ0n) is 57.1. The average Bonchev–Trinajstić information content (AvgIpc) is 3.49. The molecule has 0 aliphatic heterocycles. The van der Waals surface area contributed by atoms with Crippen molar-refractivity contribution in [3.8, 4) is 0 Å². The van der Waals surface area contributed by atoms with E-state index in [0.717, 1.165) is 64.2 Å². The minimum Gasteiger partial charge on any atom is -0.387 e. The van der Waals surface area contributed by atoms with Crippen LogP contribution < -0.4 is 5.32 Å². The van der Waals surface area contributed by atoms with Gasteiger partial charge in [-0.1, -0.05) is 350 Å². The summed E-state index contributed by atoms with van der Waals surface area (Å²) < 4.78 is 23.8. The van der Waals surface area contributed by atoms with Gasteiger partial charge >= 0.3 is 7.82 Å². The molecule has 0 aromatic heterocycles. The molecular weight excluding hydrogens is 1070 g/mol. The minimum atomic E-state index is -4.36. The number of nitrogens with one attached hydrogen (secondary N) is 1. The summed E-state index contributed by atoms with van der Waals surface area (Å²) in [6.45, 7) is 4.73. The van der Waals surface area contributed by atoms with Crippen LogP contribution in [0.25, 0.3) is 0 Å². The maximum atomic E-state index is 13.1. The molecule has 3 N–H and O–H groups in total. The van der Waals surface area contributed by atoms with Crippen LogP contribution in [0.3, 0.4) is 0 Å². The first-order valence-corrected chi connectivity index (χ1v) is 38.3. The second kappa shape index (κ2) is 66.4. The Labute approximate surface area is 529 Å². The number of aliphatic hydroxyl groups excluding tert-OH is 1. The Kier molecular flexibility index (Phi) is 64.8. The van der Waals surface area contributed by atoms with Gasteiger partial charge in [-0.25, -0.2) is 4.57 Å². The summed E-state index contributed by atoms with van der Waals surface area (Å²) in [6.07, 6.45) is 93.6. The maximum absolute atomic E-state index is 13.1. The molecule has 1 amide bonds. The van der Waals surface area contributed by atoms with Gasteiger partial charge in [0.05, 0.1) is 39.9 Å². The molecule has 0 aromatic carbocycles. The van der Waals surface area contributed by atoms with Crippen molar-refractivity contribution >= 4 is 13.7 Å². The molecule has 0 spiro atoms. The van der Waals surface area contributed by atoms with E-state index in [4.69, 9.17) is 9.05 Å². The molecule has 0 bridgehead atoms. The summed E-state index contributed by atoms with van der Waals surface area (Å²) in [5, 5.41) is 14.0. The van der Waals surface area contributed by atoms with E-state index in [1.54, 1.807) is 6.08 Å². The van der Waals surface area contributed by atoms with Gasteiger partial charge in [-0.3, -0.25) is 13.8 Å². The fourth-order valence-electron chi connectivity index (χ4n) is 11.0. The van der Waals surface area contributed by atoms with Gasteiger partial charge in [0.1, 0.15) is 13.2 Å². The van der Waals surface area contributed by atoms with E-state index in [9.17, 15) is 19.4 Å². The molecule has 0 aliphatic rings. The van der Waals surface area contributed by atoms with Crippen LogP contribution in [0, 0.1) is 0 Å². The molecule has 3 atom stereocenters. The topological polar surface area (TPSA) is 105 Å². The van der Waals surface area contributed by atoms with Crippen molar-refractivity contribution < 1.29 is 32.9 Å². The van der Waals surface area contributed by atoms with Gasteiger partial charge in [-0.05, 0) is 70.6 Å². The van der Waals surface area contributed by atoms with Gasteiger partial charge in [0.25, 0.3) is 0 Å². The SMILES string of the molecule is CC/C=C\C/C=C\C/C=C\C/C=C\CCCCCCCCCCCCCCCCCCCCCCCCCCC(=O)NC(COP(=O)(O)OCC[N+](C)(C)C)C(O)/C=C/CC/C=C/CCCCCCCCCCCCCCCCCCCCCC. The molecule has 8 nitrogen and oxygen atoms in total. The second-order valence-electron chi connectivity index (χ2n) is 26.3. The molecule has 0 rings (SSSR count). The Balaban J connectivity index is 4.01. The number of quaternary nitrogens is 1. The zero-order chi connectivity index (χ0) is 61.9. The molecule has 3 unspecified atom stereocenters. The Morgan fingerprint density at radius 2 is 0.718 bits per heavy atom. The van der Waals surface area contributed by atoms with Crippen molar-refractivity contribution in [2.75, 3.05) is 40.9 Å². The van der Waals surface area contributed by atoms with E-state index in [1.807, 2.05) is 27.2 Å². The number of rotatable bonds is 68. The molecule has 9 heteroatoms. The van der Waals surface area contributed by atoms with E-state index in [0.29, 0.717) is 17.4 Å². The molecular formula is C76H144N2O6P+. The second-order valence-corrected chi connectivity index (χ2v) is 27.7. The Hall–Kier alpha value is -2.06. The summed E-state index contributed by atoms with van der Waals surface area (Å²) in [6, 6.07) is -0.866. The van der Waals surface area contributed by atoms with Crippen LogP contribution in [0.4, 0.5) is 0 Å². The molecule has 85 heavy (non-hydrogen) atoms. The highest BCUT2D eigenvalue weighted by atomic mass is 31.2. The number of amides is 1. The zero-order valence-corrected chi connectivity index (χ0v) is 58.0. The van der Waals surface area contributed by atoms with E-state index in [2.05, 4.69) is 79.9 Å². The van der Waals surface area contributed by atoms with Gasteiger partial charge in [0.15, 0.2) is 0 Å². The fourth-order valence-corrected chi connectivity index (χ4v) is 11.7. The lowest BCUT2D eigenvalue weighted by molar-refractivity contribution is -0.870. The Morgan fingerprint density at radius 1 is 0.412 bits per heavy atom. The number of hydrogen-bond donors (Lipinski definition) is 3. The first-order valence-electron chi connectivity index (χ1n) is 36.8. The quantitative estimate of drug-likeness (QED) is 0.0243. The van der Waals surface area contributed by atoms with Crippen molar-refractivity contribution in [1.29, 1.82) is 0 Å². The highest BCUT2D eigenvalue weighted by Crippen LogP contribution is 2.43. The normalized spacial score (nSPS) is 14.0. The third-order valence-electron chi connectivity index (χ3n) is 16.7.